The lowest BCUT2D eigenvalue weighted by Crippen LogP contribution is -2.45. The maximum atomic E-state index is 12.1. The maximum Gasteiger partial charge on any atom is 0.232 e. The molecule has 0 bridgehead atoms. The highest BCUT2D eigenvalue weighted by Crippen LogP contribution is 2.25. The Morgan fingerprint density at radius 2 is 1.88 bits per heavy atom. The molecule has 1 aliphatic carbocycles. The Labute approximate surface area is 102 Å². The average molecular weight is 263 g/mol. The number of primary amides is 1. The van der Waals surface area contributed by atoms with Gasteiger partial charge in [-0.2, -0.15) is 4.31 Å². The molecular formula is C10H21N3O3S. The Kier molecular flexibility index (Phi) is 5.35. The highest BCUT2D eigenvalue weighted by atomic mass is 32.2. The van der Waals surface area contributed by atoms with E-state index in [1.807, 2.05) is 0 Å². The molecule has 0 aliphatic heterocycles. The SMILES string of the molecule is NCCCS(=O)(=O)N(CC(N)=O)C1CCCC1. The summed E-state index contributed by atoms with van der Waals surface area (Å²) in [5.74, 6) is -0.610. The Morgan fingerprint density at radius 3 is 2.35 bits per heavy atom. The summed E-state index contributed by atoms with van der Waals surface area (Å²) in [5, 5.41) is 0. The monoisotopic (exact) mass is 263 g/mol. The number of nitrogens with two attached hydrogens (primary N) is 2. The number of sulfonamides is 1. The highest BCUT2D eigenvalue weighted by Gasteiger charge is 2.32. The van der Waals surface area contributed by atoms with E-state index in [9.17, 15) is 13.2 Å². The smallest absolute Gasteiger partial charge is 0.232 e. The largest absolute Gasteiger partial charge is 0.369 e. The van der Waals surface area contributed by atoms with Crippen molar-refractivity contribution in [3.63, 3.8) is 0 Å². The lowest BCUT2D eigenvalue weighted by atomic mass is 10.2. The lowest BCUT2D eigenvalue weighted by molar-refractivity contribution is -0.118. The highest BCUT2D eigenvalue weighted by molar-refractivity contribution is 7.89. The number of carbonyl (C=O) groups is 1. The Bertz CT molecular complexity index is 350. The zero-order valence-corrected chi connectivity index (χ0v) is 10.8. The first-order valence-electron chi connectivity index (χ1n) is 5.95. The molecule has 4 N–H and O–H groups in total. The molecule has 0 heterocycles. The Balaban J connectivity index is 2.76. The van der Waals surface area contributed by atoms with Crippen LogP contribution in [0.25, 0.3) is 0 Å². The topological polar surface area (TPSA) is 106 Å². The van der Waals surface area contributed by atoms with Crippen LogP contribution in [0.5, 0.6) is 0 Å². The summed E-state index contributed by atoms with van der Waals surface area (Å²) in [5.41, 5.74) is 10.4. The van der Waals surface area contributed by atoms with Gasteiger partial charge in [-0.3, -0.25) is 4.79 Å². The molecule has 1 saturated carbocycles. The fraction of sp³-hybridized carbons (Fsp3) is 0.900. The second kappa shape index (κ2) is 6.32. The Hall–Kier alpha value is -0.660. The molecule has 1 amide bonds. The van der Waals surface area contributed by atoms with Crippen LogP contribution in [0, 0.1) is 0 Å². The molecule has 0 aromatic carbocycles. The number of nitrogens with zero attached hydrogens (tertiary/aromatic N) is 1. The summed E-state index contributed by atoms with van der Waals surface area (Å²) in [6, 6.07) is -0.0646. The number of amides is 1. The fourth-order valence-corrected chi connectivity index (χ4v) is 3.94. The van der Waals surface area contributed by atoms with Crippen molar-refractivity contribution in [2.45, 2.75) is 38.1 Å². The van der Waals surface area contributed by atoms with E-state index >= 15 is 0 Å². The van der Waals surface area contributed by atoms with Crippen LogP contribution in [-0.2, 0) is 14.8 Å². The van der Waals surface area contributed by atoms with Gasteiger partial charge in [0.1, 0.15) is 0 Å². The molecule has 0 unspecified atom stereocenters. The predicted octanol–water partition coefficient (Wildman–Crippen LogP) is -0.605. The quantitative estimate of drug-likeness (QED) is 0.639. The zero-order valence-electron chi connectivity index (χ0n) is 9.97. The number of rotatable bonds is 7. The minimum atomic E-state index is -3.41. The molecule has 0 saturated heterocycles. The van der Waals surface area contributed by atoms with Gasteiger partial charge >= 0.3 is 0 Å². The van der Waals surface area contributed by atoms with Gasteiger partial charge in [0.15, 0.2) is 0 Å². The van der Waals surface area contributed by atoms with Gasteiger partial charge in [-0.05, 0) is 25.8 Å². The van der Waals surface area contributed by atoms with Crippen LogP contribution in [0.2, 0.25) is 0 Å². The van der Waals surface area contributed by atoms with Gasteiger partial charge < -0.3 is 11.5 Å². The summed E-state index contributed by atoms with van der Waals surface area (Å²) < 4.78 is 25.4. The van der Waals surface area contributed by atoms with Crippen molar-refractivity contribution in [1.29, 1.82) is 0 Å². The fourth-order valence-electron chi connectivity index (χ4n) is 2.18. The first kappa shape index (κ1) is 14.4. The standard InChI is InChI=1S/C10H21N3O3S/c11-6-3-7-17(15,16)13(8-10(12)14)9-4-1-2-5-9/h9H,1-8,11H2,(H2,12,14). The van der Waals surface area contributed by atoms with Crippen LogP contribution in [0.1, 0.15) is 32.1 Å². The van der Waals surface area contributed by atoms with Crippen LogP contribution in [-0.4, -0.2) is 43.5 Å². The molecular weight excluding hydrogens is 242 g/mol. The lowest BCUT2D eigenvalue weighted by Gasteiger charge is -2.26. The van der Waals surface area contributed by atoms with Gasteiger partial charge in [0.05, 0.1) is 12.3 Å². The van der Waals surface area contributed by atoms with Gasteiger partial charge in [0, 0.05) is 6.04 Å². The molecule has 0 spiro atoms. The van der Waals surface area contributed by atoms with E-state index in [1.165, 1.54) is 4.31 Å². The predicted molar refractivity (Wildman–Crippen MR) is 65.6 cm³/mol. The van der Waals surface area contributed by atoms with E-state index in [1.54, 1.807) is 0 Å². The third-order valence-electron chi connectivity index (χ3n) is 3.01. The van der Waals surface area contributed by atoms with Crippen LogP contribution >= 0.6 is 0 Å². The van der Waals surface area contributed by atoms with Crippen molar-refractivity contribution in [3.8, 4) is 0 Å². The first-order valence-corrected chi connectivity index (χ1v) is 7.56. The van der Waals surface area contributed by atoms with Crippen molar-refractivity contribution >= 4 is 15.9 Å². The van der Waals surface area contributed by atoms with Crippen LogP contribution in [0.15, 0.2) is 0 Å². The zero-order chi connectivity index (χ0) is 12.9. The molecule has 0 aromatic heterocycles. The van der Waals surface area contributed by atoms with Crippen LogP contribution < -0.4 is 11.5 Å². The van der Waals surface area contributed by atoms with Gasteiger partial charge in [-0.25, -0.2) is 8.42 Å². The summed E-state index contributed by atoms with van der Waals surface area (Å²) in [6.07, 6.45) is 4.05. The molecule has 6 nitrogen and oxygen atoms in total. The van der Waals surface area contributed by atoms with E-state index in [4.69, 9.17) is 11.5 Å². The molecule has 1 fully saturated rings. The summed E-state index contributed by atoms with van der Waals surface area (Å²) in [7, 11) is -3.41. The molecule has 0 aromatic rings. The summed E-state index contributed by atoms with van der Waals surface area (Å²) in [6.45, 7) is 0.117. The molecule has 0 radical (unpaired) electrons. The van der Waals surface area contributed by atoms with E-state index < -0.39 is 15.9 Å². The van der Waals surface area contributed by atoms with Gasteiger partial charge in [-0.15, -0.1) is 0 Å². The second-order valence-corrected chi connectivity index (χ2v) is 6.45. The summed E-state index contributed by atoms with van der Waals surface area (Å²) in [4.78, 5) is 11.0. The molecule has 17 heavy (non-hydrogen) atoms. The molecule has 100 valence electrons. The van der Waals surface area contributed by atoms with Crippen molar-refractivity contribution < 1.29 is 13.2 Å². The number of hydrogen-bond acceptors (Lipinski definition) is 4. The van der Waals surface area contributed by atoms with E-state index in [2.05, 4.69) is 0 Å². The Morgan fingerprint density at radius 1 is 1.29 bits per heavy atom. The van der Waals surface area contributed by atoms with Crippen molar-refractivity contribution in [2.75, 3.05) is 18.8 Å². The normalized spacial score (nSPS) is 17.8. The molecule has 1 rings (SSSR count). The maximum absolute atomic E-state index is 12.1. The van der Waals surface area contributed by atoms with E-state index in [0.29, 0.717) is 13.0 Å². The number of carbonyl (C=O) groups excluding carboxylic acids is 1. The minimum absolute atomic E-state index is 0.00667. The molecule has 0 atom stereocenters. The van der Waals surface area contributed by atoms with Crippen molar-refractivity contribution in [2.24, 2.45) is 11.5 Å². The minimum Gasteiger partial charge on any atom is -0.369 e. The van der Waals surface area contributed by atoms with Crippen molar-refractivity contribution in [3.05, 3.63) is 0 Å². The third kappa shape index (κ3) is 4.25. The van der Waals surface area contributed by atoms with Crippen LogP contribution in [0.3, 0.4) is 0 Å². The molecule has 1 aliphatic rings. The van der Waals surface area contributed by atoms with Gasteiger partial charge in [0.25, 0.3) is 0 Å². The molecule has 7 heteroatoms. The first-order chi connectivity index (χ1) is 7.97. The van der Waals surface area contributed by atoms with Crippen LogP contribution in [0.4, 0.5) is 0 Å². The number of hydrogen-bond donors (Lipinski definition) is 2. The van der Waals surface area contributed by atoms with Gasteiger partial charge in [-0.1, -0.05) is 12.8 Å². The third-order valence-corrected chi connectivity index (χ3v) is 4.95. The van der Waals surface area contributed by atoms with Crippen molar-refractivity contribution in [1.82, 2.24) is 4.31 Å². The second-order valence-electron chi connectivity index (χ2n) is 4.41. The van der Waals surface area contributed by atoms with E-state index in [-0.39, 0.29) is 18.3 Å². The van der Waals surface area contributed by atoms with Gasteiger partial charge in [0.2, 0.25) is 15.9 Å². The average Bonchev–Trinajstić information content (AvgIpc) is 2.76. The van der Waals surface area contributed by atoms with E-state index in [0.717, 1.165) is 25.7 Å². The summed E-state index contributed by atoms with van der Waals surface area (Å²) >= 11 is 0.